The van der Waals surface area contributed by atoms with Gasteiger partial charge in [-0.05, 0) is 39.2 Å². The molecule has 34 heavy (non-hydrogen) atoms. The van der Waals surface area contributed by atoms with Crippen molar-refractivity contribution in [2.75, 3.05) is 55.5 Å². The van der Waals surface area contributed by atoms with E-state index >= 15 is 0 Å². The van der Waals surface area contributed by atoms with Gasteiger partial charge in [0.15, 0.2) is 5.16 Å². The van der Waals surface area contributed by atoms with Gasteiger partial charge in [-0.1, -0.05) is 11.8 Å². The topological polar surface area (TPSA) is 149 Å². The van der Waals surface area contributed by atoms with Gasteiger partial charge in [0.2, 0.25) is 0 Å². The number of ether oxygens (including phenoxy) is 2. The number of methoxy groups -OCH3 is 1. The van der Waals surface area contributed by atoms with Gasteiger partial charge in [0.25, 0.3) is 5.91 Å². The van der Waals surface area contributed by atoms with E-state index < -0.39 is 11.5 Å². The Kier molecular flexibility index (Phi) is 7.60. The molecule has 1 aliphatic rings. The van der Waals surface area contributed by atoms with Crippen molar-refractivity contribution in [2.24, 2.45) is 5.73 Å². The molecule has 2 heterocycles. The average molecular weight is 490 g/mol. The molecule has 11 nitrogen and oxygen atoms in total. The van der Waals surface area contributed by atoms with Crippen molar-refractivity contribution >= 4 is 46.8 Å². The highest BCUT2D eigenvalue weighted by molar-refractivity contribution is 7.98. The molecule has 0 bridgehead atoms. The van der Waals surface area contributed by atoms with E-state index in [0.717, 1.165) is 5.69 Å². The molecule has 184 valence electrons. The number of hydrogen-bond donors (Lipinski definition) is 3. The van der Waals surface area contributed by atoms with Crippen LogP contribution in [0, 0.1) is 0 Å². The second-order valence-corrected chi connectivity index (χ2v) is 9.42. The number of nitrogens with two attached hydrogens (primary N) is 2. The number of carbonyl (C=O) groups is 2. The Morgan fingerprint density at radius 3 is 2.38 bits per heavy atom. The highest BCUT2D eigenvalue weighted by Gasteiger charge is 2.26. The smallest absolute Gasteiger partial charge is 0.410 e. The summed E-state index contributed by atoms with van der Waals surface area (Å²) in [6.45, 7) is 7.97. The lowest BCUT2D eigenvalue weighted by Gasteiger charge is -2.37. The van der Waals surface area contributed by atoms with Gasteiger partial charge >= 0.3 is 6.09 Å². The largest absolute Gasteiger partial charge is 0.494 e. The summed E-state index contributed by atoms with van der Waals surface area (Å²) >= 11 is 1.30. The second kappa shape index (κ2) is 10.2. The molecule has 1 fully saturated rings. The van der Waals surface area contributed by atoms with Crippen LogP contribution in [-0.4, -0.2) is 72.0 Å². The zero-order valence-corrected chi connectivity index (χ0v) is 20.9. The Bertz CT molecular complexity index is 1070. The van der Waals surface area contributed by atoms with Gasteiger partial charge in [-0.15, -0.1) is 0 Å². The SMILES string of the molecule is COc1cc(N2CCN(C(=O)OC(C)(C)C)CC2)ccc1Nc1nc(SC)nc(N)c1C(N)=O. The van der Waals surface area contributed by atoms with Crippen molar-refractivity contribution in [3.63, 3.8) is 0 Å². The number of rotatable bonds is 6. The van der Waals surface area contributed by atoms with Crippen LogP contribution in [0.5, 0.6) is 5.75 Å². The van der Waals surface area contributed by atoms with Crippen molar-refractivity contribution in [3.05, 3.63) is 23.8 Å². The predicted octanol–water partition coefficient (Wildman–Crippen LogP) is 2.69. The van der Waals surface area contributed by atoms with Crippen molar-refractivity contribution in [1.29, 1.82) is 0 Å². The maximum atomic E-state index is 12.3. The van der Waals surface area contributed by atoms with E-state index in [1.807, 2.05) is 39.0 Å². The van der Waals surface area contributed by atoms with Crippen LogP contribution in [0.2, 0.25) is 0 Å². The van der Waals surface area contributed by atoms with Gasteiger partial charge in [-0.2, -0.15) is 0 Å². The van der Waals surface area contributed by atoms with Gasteiger partial charge in [-0.3, -0.25) is 4.79 Å². The first-order valence-corrected chi connectivity index (χ1v) is 11.9. The van der Waals surface area contributed by atoms with Crippen molar-refractivity contribution in [1.82, 2.24) is 14.9 Å². The van der Waals surface area contributed by atoms with Crippen LogP contribution in [0.4, 0.5) is 27.8 Å². The molecule has 1 saturated heterocycles. The van der Waals surface area contributed by atoms with Crippen molar-refractivity contribution in [3.8, 4) is 5.75 Å². The molecular formula is C22H31N7O4S. The molecule has 0 atom stereocenters. The summed E-state index contributed by atoms with van der Waals surface area (Å²) in [7, 11) is 1.56. The molecule has 1 aliphatic heterocycles. The Labute approximate surface area is 203 Å². The minimum Gasteiger partial charge on any atom is -0.494 e. The van der Waals surface area contributed by atoms with E-state index in [9.17, 15) is 9.59 Å². The molecule has 0 unspecified atom stereocenters. The Balaban J connectivity index is 1.77. The number of carbonyl (C=O) groups excluding carboxylic acids is 2. The lowest BCUT2D eigenvalue weighted by Crippen LogP contribution is -2.50. The summed E-state index contributed by atoms with van der Waals surface area (Å²) in [6.07, 6.45) is 1.50. The zero-order chi connectivity index (χ0) is 25.0. The fraction of sp³-hybridized carbons (Fsp3) is 0.455. The molecule has 1 aromatic heterocycles. The summed E-state index contributed by atoms with van der Waals surface area (Å²) in [5.74, 6) is 0.0330. The second-order valence-electron chi connectivity index (χ2n) is 8.65. The first-order chi connectivity index (χ1) is 16.0. The number of primary amides is 1. The minimum atomic E-state index is -0.730. The van der Waals surface area contributed by atoms with Gasteiger partial charge in [0.05, 0.1) is 12.8 Å². The lowest BCUT2D eigenvalue weighted by molar-refractivity contribution is 0.0240. The van der Waals surface area contributed by atoms with Crippen LogP contribution in [0.15, 0.2) is 23.4 Å². The Hall–Kier alpha value is -3.41. The van der Waals surface area contributed by atoms with Crippen molar-refractivity contribution < 1.29 is 19.1 Å². The van der Waals surface area contributed by atoms with E-state index in [1.54, 1.807) is 18.3 Å². The number of thioether (sulfide) groups is 1. The van der Waals surface area contributed by atoms with Crippen LogP contribution in [0.1, 0.15) is 31.1 Å². The third-order valence-corrected chi connectivity index (χ3v) is 5.63. The Morgan fingerprint density at radius 1 is 1.15 bits per heavy atom. The van der Waals surface area contributed by atoms with Gasteiger partial charge in [0.1, 0.15) is 28.5 Å². The molecule has 12 heteroatoms. The van der Waals surface area contributed by atoms with Crippen LogP contribution in [0.25, 0.3) is 0 Å². The Morgan fingerprint density at radius 2 is 1.82 bits per heavy atom. The van der Waals surface area contributed by atoms with Crippen molar-refractivity contribution in [2.45, 2.75) is 31.5 Å². The number of piperazine rings is 1. The summed E-state index contributed by atoms with van der Waals surface area (Å²) in [5.41, 5.74) is 12.4. The first-order valence-electron chi connectivity index (χ1n) is 10.7. The number of nitrogen functional groups attached to an aromatic ring is 1. The van der Waals surface area contributed by atoms with E-state index in [-0.39, 0.29) is 23.3 Å². The van der Waals surface area contributed by atoms with Gasteiger partial charge in [-0.25, -0.2) is 14.8 Å². The third-order valence-electron chi connectivity index (χ3n) is 5.08. The molecule has 5 N–H and O–H groups in total. The molecule has 0 saturated carbocycles. The number of nitrogens with one attached hydrogen (secondary N) is 1. The van der Waals surface area contributed by atoms with Crippen LogP contribution in [-0.2, 0) is 4.74 Å². The number of aromatic nitrogens is 2. The highest BCUT2D eigenvalue weighted by atomic mass is 32.2. The summed E-state index contributed by atoms with van der Waals surface area (Å²) < 4.78 is 11.0. The fourth-order valence-electron chi connectivity index (χ4n) is 3.46. The molecule has 0 spiro atoms. The summed E-state index contributed by atoms with van der Waals surface area (Å²) in [6, 6.07) is 5.64. The number of amides is 2. The van der Waals surface area contributed by atoms with Crippen LogP contribution < -0.4 is 26.4 Å². The number of hydrogen-bond acceptors (Lipinski definition) is 10. The summed E-state index contributed by atoms with van der Waals surface area (Å²) in [4.78, 5) is 36.6. The monoisotopic (exact) mass is 489 g/mol. The molecule has 0 radical (unpaired) electrons. The third kappa shape index (κ3) is 5.93. The maximum Gasteiger partial charge on any atom is 0.410 e. The molecule has 1 aromatic carbocycles. The fourth-order valence-corrected chi connectivity index (χ4v) is 3.83. The lowest BCUT2D eigenvalue weighted by atomic mass is 10.2. The van der Waals surface area contributed by atoms with E-state index in [1.165, 1.54) is 11.8 Å². The molecule has 2 aromatic rings. The first kappa shape index (κ1) is 25.2. The van der Waals surface area contributed by atoms with Crippen LogP contribution in [0.3, 0.4) is 0 Å². The summed E-state index contributed by atoms with van der Waals surface area (Å²) in [5, 5.41) is 3.51. The van der Waals surface area contributed by atoms with E-state index in [0.29, 0.717) is 42.8 Å². The van der Waals surface area contributed by atoms with Gasteiger partial charge in [0, 0.05) is 37.9 Å². The quantitative estimate of drug-likeness (QED) is 0.408. The molecule has 2 amide bonds. The predicted molar refractivity (Wildman–Crippen MR) is 133 cm³/mol. The molecule has 3 rings (SSSR count). The minimum absolute atomic E-state index is 0.00722. The zero-order valence-electron chi connectivity index (χ0n) is 20.0. The van der Waals surface area contributed by atoms with Gasteiger partial charge < -0.3 is 36.1 Å². The van der Waals surface area contributed by atoms with Crippen LogP contribution >= 0.6 is 11.8 Å². The number of nitrogens with zero attached hydrogens (tertiary/aromatic N) is 4. The average Bonchev–Trinajstić information content (AvgIpc) is 2.77. The molecular weight excluding hydrogens is 458 g/mol. The normalized spacial score (nSPS) is 14.0. The number of anilines is 4. The standard InChI is InChI=1S/C22H31N7O4S/c1-22(2,3)33-21(31)29-10-8-28(9-11-29)13-6-7-14(15(12-13)32-4)25-19-16(18(24)30)17(23)26-20(27-19)34-5/h6-7,12H,8-11H2,1-5H3,(H2,24,30)(H3,23,25,26,27). The maximum absolute atomic E-state index is 12.3. The molecule has 0 aliphatic carbocycles. The highest BCUT2D eigenvalue weighted by Crippen LogP contribution is 2.34. The van der Waals surface area contributed by atoms with E-state index in [4.69, 9.17) is 20.9 Å². The number of benzene rings is 1. The van der Waals surface area contributed by atoms with E-state index in [2.05, 4.69) is 20.2 Å².